The van der Waals surface area contributed by atoms with Gasteiger partial charge in [-0.2, -0.15) is 5.10 Å². The van der Waals surface area contributed by atoms with Crippen LogP contribution in [0.15, 0.2) is 6.20 Å². The molecule has 3 heteroatoms. The van der Waals surface area contributed by atoms with Gasteiger partial charge >= 0.3 is 0 Å². The third-order valence-electron chi connectivity index (χ3n) is 3.48. The highest BCUT2D eigenvalue weighted by molar-refractivity contribution is 5.30. The summed E-state index contributed by atoms with van der Waals surface area (Å²) in [5.74, 6) is 1.54. The third kappa shape index (κ3) is 1.27. The van der Waals surface area contributed by atoms with Crippen molar-refractivity contribution in [3.05, 3.63) is 17.5 Å². The minimum absolute atomic E-state index is 0.722. The molecule has 3 rings (SSSR count). The van der Waals surface area contributed by atoms with Gasteiger partial charge in [-0.3, -0.25) is 4.68 Å². The van der Waals surface area contributed by atoms with Crippen molar-refractivity contribution in [3.8, 4) is 0 Å². The van der Waals surface area contributed by atoms with E-state index in [0.29, 0.717) is 0 Å². The molecule has 1 aliphatic heterocycles. The highest BCUT2D eigenvalue weighted by atomic mass is 15.3. The van der Waals surface area contributed by atoms with Gasteiger partial charge in [0.25, 0.3) is 0 Å². The first kappa shape index (κ1) is 8.48. The fourth-order valence-electron chi connectivity index (χ4n) is 2.56. The number of aromatic nitrogens is 2. The minimum atomic E-state index is 0.722. The Morgan fingerprint density at radius 1 is 1.36 bits per heavy atom. The summed E-state index contributed by atoms with van der Waals surface area (Å²) in [5, 5.41) is 7.84. The molecule has 1 saturated heterocycles. The second-order valence-electron chi connectivity index (χ2n) is 4.57. The molecule has 0 amide bonds. The maximum absolute atomic E-state index is 4.41. The van der Waals surface area contributed by atoms with Crippen molar-refractivity contribution >= 4 is 0 Å². The molecular formula is C11H17N3. The third-order valence-corrected chi connectivity index (χ3v) is 3.48. The zero-order valence-electron chi connectivity index (χ0n) is 8.66. The largest absolute Gasteiger partial charge is 0.316 e. The van der Waals surface area contributed by atoms with Crippen molar-refractivity contribution < 1.29 is 0 Å². The smallest absolute Gasteiger partial charge is 0.0527 e. The summed E-state index contributed by atoms with van der Waals surface area (Å²) in [7, 11) is 2.08. The molecule has 1 aromatic rings. The standard InChI is InChI=1S/C11H17N3/c1-14-11(8-2-3-8)10(7-13-14)9-4-5-12-6-9/h7-9,12H,2-6H2,1H3. The molecule has 0 bridgehead atoms. The van der Waals surface area contributed by atoms with Gasteiger partial charge < -0.3 is 5.32 Å². The Hall–Kier alpha value is -0.830. The summed E-state index contributed by atoms with van der Waals surface area (Å²) in [6, 6.07) is 0. The molecule has 1 aromatic heterocycles. The van der Waals surface area contributed by atoms with Crippen molar-refractivity contribution in [2.24, 2.45) is 7.05 Å². The van der Waals surface area contributed by atoms with Crippen LogP contribution in [0.25, 0.3) is 0 Å². The SMILES string of the molecule is Cn1ncc(C2CCNC2)c1C1CC1. The molecule has 1 unspecified atom stereocenters. The van der Waals surface area contributed by atoms with Crippen LogP contribution in [0.2, 0.25) is 0 Å². The van der Waals surface area contributed by atoms with Crippen LogP contribution in [0.3, 0.4) is 0 Å². The summed E-state index contributed by atoms with van der Waals surface area (Å²) in [6.45, 7) is 2.31. The lowest BCUT2D eigenvalue weighted by atomic mass is 9.97. The molecule has 1 saturated carbocycles. The molecular weight excluding hydrogens is 174 g/mol. The van der Waals surface area contributed by atoms with E-state index in [-0.39, 0.29) is 0 Å². The fourth-order valence-corrected chi connectivity index (χ4v) is 2.56. The van der Waals surface area contributed by atoms with Crippen molar-refractivity contribution in [2.45, 2.75) is 31.1 Å². The topological polar surface area (TPSA) is 29.9 Å². The van der Waals surface area contributed by atoms with Gasteiger partial charge in [-0.15, -0.1) is 0 Å². The minimum Gasteiger partial charge on any atom is -0.316 e. The Labute approximate surface area is 84.5 Å². The number of nitrogens with one attached hydrogen (secondary N) is 1. The molecule has 2 fully saturated rings. The molecule has 76 valence electrons. The fraction of sp³-hybridized carbons (Fsp3) is 0.727. The molecule has 1 atom stereocenters. The average Bonchev–Trinajstić information content (AvgIpc) is 2.75. The summed E-state index contributed by atoms with van der Waals surface area (Å²) < 4.78 is 2.09. The van der Waals surface area contributed by atoms with Crippen LogP contribution in [0.4, 0.5) is 0 Å². The molecule has 2 heterocycles. The monoisotopic (exact) mass is 191 g/mol. The maximum atomic E-state index is 4.41. The van der Waals surface area contributed by atoms with Crippen LogP contribution in [0.5, 0.6) is 0 Å². The Morgan fingerprint density at radius 3 is 2.86 bits per heavy atom. The van der Waals surface area contributed by atoms with Gasteiger partial charge in [-0.05, 0) is 31.4 Å². The van der Waals surface area contributed by atoms with Crippen molar-refractivity contribution in [3.63, 3.8) is 0 Å². The highest BCUT2D eigenvalue weighted by Gasteiger charge is 2.32. The van der Waals surface area contributed by atoms with Gasteiger partial charge in [-0.25, -0.2) is 0 Å². The molecule has 1 N–H and O–H groups in total. The lowest BCUT2D eigenvalue weighted by molar-refractivity contribution is 0.694. The highest BCUT2D eigenvalue weighted by Crippen LogP contribution is 2.43. The summed E-state index contributed by atoms with van der Waals surface area (Å²) in [6.07, 6.45) is 6.11. The van der Waals surface area contributed by atoms with Crippen LogP contribution in [-0.4, -0.2) is 22.9 Å². The first-order valence-electron chi connectivity index (χ1n) is 5.59. The summed E-state index contributed by atoms with van der Waals surface area (Å²) in [5.41, 5.74) is 3.03. The quantitative estimate of drug-likeness (QED) is 0.765. The molecule has 0 spiro atoms. The van der Waals surface area contributed by atoms with E-state index in [1.54, 1.807) is 0 Å². The van der Waals surface area contributed by atoms with E-state index in [0.717, 1.165) is 18.4 Å². The van der Waals surface area contributed by atoms with E-state index in [1.165, 1.54) is 37.1 Å². The number of aryl methyl sites for hydroxylation is 1. The Kier molecular flexibility index (Phi) is 1.87. The zero-order valence-corrected chi connectivity index (χ0v) is 8.66. The lowest BCUT2D eigenvalue weighted by Crippen LogP contribution is -2.09. The number of rotatable bonds is 2. The van der Waals surface area contributed by atoms with E-state index in [9.17, 15) is 0 Å². The predicted octanol–water partition coefficient (Wildman–Crippen LogP) is 1.37. The Balaban J connectivity index is 1.95. The lowest BCUT2D eigenvalue weighted by Gasteiger charge is -2.09. The van der Waals surface area contributed by atoms with Crippen LogP contribution in [0.1, 0.15) is 42.4 Å². The van der Waals surface area contributed by atoms with Crippen LogP contribution in [-0.2, 0) is 7.05 Å². The first-order valence-corrected chi connectivity index (χ1v) is 5.59. The van der Waals surface area contributed by atoms with Crippen LogP contribution in [0, 0.1) is 0 Å². The van der Waals surface area contributed by atoms with Gasteiger partial charge in [0.15, 0.2) is 0 Å². The van der Waals surface area contributed by atoms with Crippen LogP contribution >= 0.6 is 0 Å². The van der Waals surface area contributed by atoms with E-state index in [1.807, 2.05) is 0 Å². The van der Waals surface area contributed by atoms with Gasteiger partial charge in [0.05, 0.1) is 6.20 Å². The maximum Gasteiger partial charge on any atom is 0.0527 e. The van der Waals surface area contributed by atoms with Crippen LogP contribution < -0.4 is 5.32 Å². The van der Waals surface area contributed by atoms with Gasteiger partial charge in [0.2, 0.25) is 0 Å². The average molecular weight is 191 g/mol. The second-order valence-corrected chi connectivity index (χ2v) is 4.57. The van der Waals surface area contributed by atoms with Crippen molar-refractivity contribution in [2.75, 3.05) is 13.1 Å². The van der Waals surface area contributed by atoms with E-state index in [2.05, 4.69) is 28.3 Å². The van der Waals surface area contributed by atoms with Gasteiger partial charge in [-0.1, -0.05) is 0 Å². The molecule has 14 heavy (non-hydrogen) atoms. The Bertz CT molecular complexity index is 332. The molecule has 0 radical (unpaired) electrons. The summed E-state index contributed by atoms with van der Waals surface area (Å²) in [4.78, 5) is 0. The van der Waals surface area contributed by atoms with Gasteiger partial charge in [0, 0.05) is 31.1 Å². The molecule has 1 aliphatic carbocycles. The normalized spacial score (nSPS) is 27.1. The van der Waals surface area contributed by atoms with Crippen molar-refractivity contribution in [1.82, 2.24) is 15.1 Å². The van der Waals surface area contributed by atoms with E-state index >= 15 is 0 Å². The second kappa shape index (κ2) is 3.09. The molecule has 3 nitrogen and oxygen atoms in total. The molecule has 2 aliphatic rings. The van der Waals surface area contributed by atoms with Gasteiger partial charge in [0.1, 0.15) is 0 Å². The first-order chi connectivity index (χ1) is 6.86. The zero-order chi connectivity index (χ0) is 9.54. The van der Waals surface area contributed by atoms with Crippen molar-refractivity contribution in [1.29, 1.82) is 0 Å². The number of nitrogens with zero attached hydrogens (tertiary/aromatic N) is 2. The van der Waals surface area contributed by atoms with E-state index in [4.69, 9.17) is 0 Å². The summed E-state index contributed by atoms with van der Waals surface area (Å²) >= 11 is 0. The predicted molar refractivity (Wildman–Crippen MR) is 55.4 cm³/mol. The Morgan fingerprint density at radius 2 is 2.21 bits per heavy atom. The number of hydrogen-bond acceptors (Lipinski definition) is 2. The van der Waals surface area contributed by atoms with E-state index < -0.39 is 0 Å². The molecule has 0 aromatic carbocycles. The number of hydrogen-bond donors (Lipinski definition) is 1.